The molecule has 0 spiro atoms. The van der Waals surface area contributed by atoms with Crippen LogP contribution in [0.25, 0.3) is 0 Å². The zero-order valence-electron chi connectivity index (χ0n) is 15.6. The summed E-state index contributed by atoms with van der Waals surface area (Å²) in [6.45, 7) is 0.424. The second-order valence-corrected chi connectivity index (χ2v) is 6.16. The van der Waals surface area contributed by atoms with Crippen molar-refractivity contribution in [2.45, 2.75) is 13.0 Å². The molecule has 0 atom stereocenters. The van der Waals surface area contributed by atoms with E-state index in [1.165, 1.54) is 7.11 Å². The molecule has 28 heavy (non-hydrogen) atoms. The van der Waals surface area contributed by atoms with Crippen LogP contribution < -0.4 is 10.1 Å². The molecule has 1 amide bonds. The van der Waals surface area contributed by atoms with Gasteiger partial charge in [-0.05, 0) is 41.5 Å². The molecule has 0 heterocycles. The molecule has 0 aromatic heterocycles. The van der Waals surface area contributed by atoms with Crippen LogP contribution in [0.4, 0.5) is 5.69 Å². The van der Waals surface area contributed by atoms with E-state index in [-0.39, 0.29) is 18.3 Å². The summed E-state index contributed by atoms with van der Waals surface area (Å²) in [5, 5.41) is 2.86. The van der Waals surface area contributed by atoms with E-state index in [1.54, 1.807) is 30.3 Å². The number of hydrogen-bond acceptors (Lipinski definition) is 4. The van der Waals surface area contributed by atoms with Crippen LogP contribution in [0.15, 0.2) is 78.9 Å². The van der Waals surface area contributed by atoms with Crippen LogP contribution in [0.3, 0.4) is 0 Å². The van der Waals surface area contributed by atoms with Gasteiger partial charge in [0.25, 0.3) is 5.91 Å². The summed E-state index contributed by atoms with van der Waals surface area (Å²) in [7, 11) is 1.34. The number of hydrogen-bond donors (Lipinski definition) is 1. The number of carbonyl (C=O) groups excluding carboxylic acids is 2. The maximum atomic E-state index is 12.6. The fourth-order valence-electron chi connectivity index (χ4n) is 2.65. The SMILES string of the molecule is COC(=O)Cc1ccccc1NC(=O)c1ccc(COc2ccccc2)cc1. The Labute approximate surface area is 163 Å². The Morgan fingerprint density at radius 2 is 1.54 bits per heavy atom. The van der Waals surface area contributed by atoms with Gasteiger partial charge in [0.15, 0.2) is 0 Å². The lowest BCUT2D eigenvalue weighted by molar-refractivity contribution is -0.139. The minimum absolute atomic E-state index is 0.0999. The van der Waals surface area contributed by atoms with Crippen molar-refractivity contribution < 1.29 is 19.1 Å². The Morgan fingerprint density at radius 1 is 0.857 bits per heavy atom. The molecule has 0 saturated carbocycles. The summed E-state index contributed by atoms with van der Waals surface area (Å²) in [6.07, 6.45) is 0.0999. The fraction of sp³-hybridized carbons (Fsp3) is 0.130. The molecule has 5 nitrogen and oxygen atoms in total. The monoisotopic (exact) mass is 375 g/mol. The minimum atomic E-state index is -0.357. The Kier molecular flexibility index (Phi) is 6.41. The van der Waals surface area contributed by atoms with E-state index in [2.05, 4.69) is 5.32 Å². The number of anilines is 1. The van der Waals surface area contributed by atoms with Crippen molar-refractivity contribution in [2.24, 2.45) is 0 Å². The standard InChI is InChI=1S/C23H21NO4/c1-27-22(25)15-19-7-5-6-10-21(19)24-23(26)18-13-11-17(12-14-18)16-28-20-8-3-2-4-9-20/h2-14H,15-16H2,1H3,(H,24,26). The number of rotatable bonds is 7. The molecule has 0 unspecified atom stereocenters. The molecule has 0 radical (unpaired) electrons. The Bertz CT molecular complexity index is 936. The third-order valence-electron chi connectivity index (χ3n) is 4.19. The number of ether oxygens (including phenoxy) is 2. The summed E-state index contributed by atoms with van der Waals surface area (Å²) in [4.78, 5) is 24.1. The predicted molar refractivity (Wildman–Crippen MR) is 107 cm³/mol. The number of amides is 1. The molecular formula is C23H21NO4. The lowest BCUT2D eigenvalue weighted by Gasteiger charge is -2.11. The highest BCUT2D eigenvalue weighted by Crippen LogP contribution is 2.18. The molecule has 3 rings (SSSR count). The first kappa shape index (κ1) is 19.2. The minimum Gasteiger partial charge on any atom is -0.489 e. The number of esters is 1. The molecule has 3 aromatic rings. The lowest BCUT2D eigenvalue weighted by atomic mass is 10.1. The molecule has 142 valence electrons. The summed E-state index contributed by atoms with van der Waals surface area (Å²) in [5.74, 6) is 0.198. The van der Waals surface area contributed by atoms with E-state index in [4.69, 9.17) is 9.47 Å². The lowest BCUT2D eigenvalue weighted by Crippen LogP contribution is -2.15. The van der Waals surface area contributed by atoms with Gasteiger partial charge < -0.3 is 14.8 Å². The van der Waals surface area contributed by atoms with Crippen molar-refractivity contribution >= 4 is 17.6 Å². The maximum absolute atomic E-state index is 12.6. The van der Waals surface area contributed by atoms with Crippen molar-refractivity contribution in [3.63, 3.8) is 0 Å². The smallest absolute Gasteiger partial charge is 0.310 e. The largest absolute Gasteiger partial charge is 0.489 e. The van der Waals surface area contributed by atoms with E-state index in [9.17, 15) is 9.59 Å². The zero-order valence-corrected chi connectivity index (χ0v) is 15.6. The average Bonchev–Trinajstić information content (AvgIpc) is 2.74. The Hall–Kier alpha value is -3.60. The van der Waals surface area contributed by atoms with Crippen molar-refractivity contribution in [3.05, 3.63) is 95.6 Å². The van der Waals surface area contributed by atoms with Crippen molar-refractivity contribution in [1.29, 1.82) is 0 Å². The van der Waals surface area contributed by atoms with Gasteiger partial charge in [0.2, 0.25) is 0 Å². The van der Waals surface area contributed by atoms with Crippen LogP contribution in [0.5, 0.6) is 5.75 Å². The molecule has 0 aliphatic carbocycles. The molecule has 3 aromatic carbocycles. The van der Waals surface area contributed by atoms with E-state index in [1.807, 2.05) is 48.5 Å². The van der Waals surface area contributed by atoms with Crippen LogP contribution in [0.1, 0.15) is 21.5 Å². The van der Waals surface area contributed by atoms with Gasteiger partial charge in [-0.3, -0.25) is 9.59 Å². The van der Waals surface area contributed by atoms with Gasteiger partial charge >= 0.3 is 5.97 Å². The summed E-state index contributed by atoms with van der Waals surface area (Å²) >= 11 is 0. The third kappa shape index (κ3) is 5.20. The predicted octanol–water partition coefficient (Wildman–Crippen LogP) is 4.23. The van der Waals surface area contributed by atoms with Gasteiger partial charge in [0.1, 0.15) is 12.4 Å². The van der Waals surface area contributed by atoms with Gasteiger partial charge in [-0.2, -0.15) is 0 Å². The second-order valence-electron chi connectivity index (χ2n) is 6.16. The molecule has 0 aliphatic rings. The molecule has 0 aliphatic heterocycles. The van der Waals surface area contributed by atoms with Crippen LogP contribution in [-0.2, 0) is 22.6 Å². The molecule has 0 saturated heterocycles. The van der Waals surface area contributed by atoms with E-state index in [0.717, 1.165) is 11.3 Å². The van der Waals surface area contributed by atoms with Gasteiger partial charge in [-0.1, -0.05) is 48.5 Å². The Morgan fingerprint density at radius 3 is 2.25 bits per heavy atom. The third-order valence-corrected chi connectivity index (χ3v) is 4.19. The van der Waals surface area contributed by atoms with Gasteiger partial charge in [0.05, 0.1) is 13.5 Å². The summed E-state index contributed by atoms with van der Waals surface area (Å²) < 4.78 is 10.4. The molecular weight excluding hydrogens is 354 g/mol. The molecule has 5 heteroatoms. The number of carbonyl (C=O) groups is 2. The van der Waals surface area contributed by atoms with Crippen LogP contribution in [-0.4, -0.2) is 19.0 Å². The quantitative estimate of drug-likeness (QED) is 0.628. The molecule has 0 bridgehead atoms. The van der Waals surface area contributed by atoms with Gasteiger partial charge in [0, 0.05) is 11.3 Å². The Balaban J connectivity index is 1.63. The van der Waals surface area contributed by atoms with Gasteiger partial charge in [-0.15, -0.1) is 0 Å². The molecule has 0 fully saturated rings. The van der Waals surface area contributed by atoms with E-state index < -0.39 is 0 Å². The zero-order chi connectivity index (χ0) is 19.8. The number of para-hydroxylation sites is 2. The highest BCUT2D eigenvalue weighted by atomic mass is 16.5. The van der Waals surface area contributed by atoms with Crippen molar-refractivity contribution in [1.82, 2.24) is 0 Å². The summed E-state index contributed by atoms with van der Waals surface area (Å²) in [6, 6.07) is 24.0. The van der Waals surface area contributed by atoms with E-state index in [0.29, 0.717) is 23.4 Å². The van der Waals surface area contributed by atoms with E-state index >= 15 is 0 Å². The van der Waals surface area contributed by atoms with Crippen molar-refractivity contribution in [2.75, 3.05) is 12.4 Å². The molecule has 1 N–H and O–H groups in total. The number of benzene rings is 3. The highest BCUT2D eigenvalue weighted by Gasteiger charge is 2.12. The second kappa shape index (κ2) is 9.37. The summed E-state index contributed by atoms with van der Waals surface area (Å²) in [5.41, 5.74) is 2.78. The first-order valence-electron chi connectivity index (χ1n) is 8.88. The average molecular weight is 375 g/mol. The maximum Gasteiger partial charge on any atom is 0.310 e. The first-order valence-corrected chi connectivity index (χ1v) is 8.88. The van der Waals surface area contributed by atoms with Gasteiger partial charge in [-0.25, -0.2) is 0 Å². The van der Waals surface area contributed by atoms with Crippen molar-refractivity contribution in [3.8, 4) is 5.75 Å². The van der Waals surface area contributed by atoms with Crippen LogP contribution in [0, 0.1) is 0 Å². The van der Waals surface area contributed by atoms with Crippen LogP contribution >= 0.6 is 0 Å². The first-order chi connectivity index (χ1) is 13.7. The number of methoxy groups -OCH3 is 1. The fourth-order valence-corrected chi connectivity index (χ4v) is 2.65. The number of nitrogens with one attached hydrogen (secondary N) is 1. The topological polar surface area (TPSA) is 64.6 Å². The highest BCUT2D eigenvalue weighted by molar-refractivity contribution is 6.04. The normalized spacial score (nSPS) is 10.2. The van der Waals surface area contributed by atoms with Crippen LogP contribution in [0.2, 0.25) is 0 Å².